The van der Waals surface area contributed by atoms with Crippen molar-refractivity contribution in [1.29, 1.82) is 0 Å². The second kappa shape index (κ2) is 10.8. The number of nitrogens with zero attached hydrogens (tertiary/aromatic N) is 2. The van der Waals surface area contributed by atoms with Crippen molar-refractivity contribution in [1.82, 2.24) is 0 Å². The molecule has 28 heavy (non-hydrogen) atoms. The maximum absolute atomic E-state index is 11.9. The first-order valence-corrected chi connectivity index (χ1v) is 8.54. The van der Waals surface area contributed by atoms with Gasteiger partial charge in [-0.25, -0.2) is 0 Å². The number of benzene rings is 2. The van der Waals surface area contributed by atoms with E-state index in [1.54, 1.807) is 36.7 Å². The monoisotopic (exact) mass is 474 g/mol. The fraction of sp³-hybridized carbons (Fsp3) is 0.333. The van der Waals surface area contributed by atoms with Gasteiger partial charge in [-0.05, 0) is 35.4 Å². The zero-order valence-electron chi connectivity index (χ0n) is 16.4. The Kier molecular flexibility index (Phi) is 9.17. The minimum absolute atomic E-state index is 0. The topological polar surface area (TPSA) is 89.3 Å². The predicted molar refractivity (Wildman–Crippen MR) is 104 cm³/mol. The standard InChI is InChI=1S/C21H26N2O4.Pd/c1-21(2,13-22-11-15-5-7-17(26-3)9-19(15)24)14-23-12-16-6-8-18(27-4)10-20(16)25;/h5-12,24-25H,13-14H2,1-4H3;/q;+2/p-2. The van der Waals surface area contributed by atoms with Gasteiger partial charge in [-0.15, -0.1) is 0 Å². The Morgan fingerprint density at radius 3 is 1.54 bits per heavy atom. The normalized spacial score (nSPS) is 11.6. The molecule has 0 fully saturated rings. The number of rotatable bonds is 8. The molecule has 0 aliphatic carbocycles. The van der Waals surface area contributed by atoms with E-state index in [9.17, 15) is 10.2 Å². The molecule has 0 atom stereocenters. The van der Waals surface area contributed by atoms with Gasteiger partial charge in [-0.1, -0.05) is 37.5 Å². The maximum atomic E-state index is 11.9. The summed E-state index contributed by atoms with van der Waals surface area (Å²) in [6.07, 6.45) is 3.15. The molecule has 0 aliphatic heterocycles. The second-order valence-corrected chi connectivity index (χ2v) is 6.91. The summed E-state index contributed by atoms with van der Waals surface area (Å²) in [7, 11) is 3.04. The first-order valence-electron chi connectivity index (χ1n) is 8.54. The molecule has 7 heteroatoms. The summed E-state index contributed by atoms with van der Waals surface area (Å²) in [5.41, 5.74) is 0.826. The molecule has 0 N–H and O–H groups in total. The first kappa shape index (κ1) is 23.7. The number of ether oxygens (including phenoxy) is 2. The molecule has 0 saturated carbocycles. The van der Waals surface area contributed by atoms with Crippen LogP contribution in [0.2, 0.25) is 0 Å². The van der Waals surface area contributed by atoms with Crippen LogP contribution in [0.15, 0.2) is 46.4 Å². The summed E-state index contributed by atoms with van der Waals surface area (Å²) < 4.78 is 10.0. The van der Waals surface area contributed by atoms with Gasteiger partial charge in [0.05, 0.1) is 14.2 Å². The third-order valence-electron chi connectivity index (χ3n) is 3.94. The second-order valence-electron chi connectivity index (χ2n) is 6.91. The average Bonchev–Trinajstić information content (AvgIpc) is 2.64. The largest absolute Gasteiger partial charge is 2.00 e. The molecule has 0 spiro atoms. The minimum atomic E-state index is -0.210. The van der Waals surface area contributed by atoms with Gasteiger partial charge in [0, 0.05) is 30.9 Å². The van der Waals surface area contributed by atoms with Crippen molar-refractivity contribution >= 4 is 12.4 Å². The summed E-state index contributed by atoms with van der Waals surface area (Å²) in [5.74, 6) is 0.805. The molecule has 2 rings (SSSR count). The van der Waals surface area contributed by atoms with E-state index in [-0.39, 0.29) is 37.3 Å². The predicted octanol–water partition coefficient (Wildman–Crippen LogP) is 2.41. The quantitative estimate of drug-likeness (QED) is 0.434. The van der Waals surface area contributed by atoms with Crippen molar-refractivity contribution < 1.29 is 40.1 Å². The third kappa shape index (κ3) is 6.99. The smallest absolute Gasteiger partial charge is 0.872 e. The Morgan fingerprint density at radius 2 is 1.21 bits per heavy atom. The van der Waals surface area contributed by atoms with Crippen molar-refractivity contribution in [3.8, 4) is 23.0 Å². The van der Waals surface area contributed by atoms with Crippen molar-refractivity contribution in [2.75, 3.05) is 27.3 Å². The zero-order valence-corrected chi connectivity index (χ0v) is 17.9. The van der Waals surface area contributed by atoms with E-state index in [2.05, 4.69) is 9.98 Å². The molecule has 0 bridgehead atoms. The molecule has 0 amide bonds. The van der Waals surface area contributed by atoms with E-state index in [0.29, 0.717) is 35.7 Å². The van der Waals surface area contributed by atoms with Gasteiger partial charge in [0.25, 0.3) is 0 Å². The molecule has 0 aromatic heterocycles. The van der Waals surface area contributed by atoms with Gasteiger partial charge in [0.1, 0.15) is 11.5 Å². The van der Waals surface area contributed by atoms with Crippen LogP contribution in [-0.2, 0) is 20.4 Å². The summed E-state index contributed by atoms with van der Waals surface area (Å²) in [5, 5.41) is 23.9. The van der Waals surface area contributed by atoms with Crippen LogP contribution in [0.3, 0.4) is 0 Å². The van der Waals surface area contributed by atoms with Crippen LogP contribution in [0.4, 0.5) is 0 Å². The Morgan fingerprint density at radius 1 is 0.821 bits per heavy atom. The Labute approximate surface area is 179 Å². The molecule has 2 aromatic rings. The van der Waals surface area contributed by atoms with Gasteiger partial charge in [0.15, 0.2) is 0 Å². The van der Waals surface area contributed by atoms with Crippen molar-refractivity contribution in [2.45, 2.75) is 13.8 Å². The van der Waals surface area contributed by atoms with E-state index < -0.39 is 0 Å². The molecule has 0 heterocycles. The molecule has 0 unspecified atom stereocenters. The fourth-order valence-electron chi connectivity index (χ4n) is 2.33. The first-order chi connectivity index (χ1) is 12.8. The Hall–Kier alpha value is -2.36. The molecule has 6 nitrogen and oxygen atoms in total. The summed E-state index contributed by atoms with van der Waals surface area (Å²) in [6, 6.07) is 9.71. The van der Waals surface area contributed by atoms with Crippen molar-refractivity contribution in [3.05, 3.63) is 47.5 Å². The van der Waals surface area contributed by atoms with Crippen molar-refractivity contribution in [2.24, 2.45) is 15.4 Å². The Bertz CT molecular complexity index is 768. The molecule has 152 valence electrons. The zero-order chi connectivity index (χ0) is 19.9. The number of hydrogen-bond acceptors (Lipinski definition) is 6. The summed E-state index contributed by atoms with van der Waals surface area (Å²) in [4.78, 5) is 8.76. The van der Waals surface area contributed by atoms with E-state index >= 15 is 0 Å². The van der Waals surface area contributed by atoms with Gasteiger partial charge < -0.3 is 19.7 Å². The number of aliphatic imine (C=N–C) groups is 2. The van der Waals surface area contributed by atoms with Crippen LogP contribution in [0.25, 0.3) is 0 Å². The number of methoxy groups -OCH3 is 2. The van der Waals surface area contributed by atoms with Crippen LogP contribution in [-0.4, -0.2) is 39.7 Å². The fourth-order valence-corrected chi connectivity index (χ4v) is 2.33. The van der Waals surface area contributed by atoms with Crippen molar-refractivity contribution in [3.63, 3.8) is 0 Å². The van der Waals surface area contributed by atoms with Crippen LogP contribution >= 0.6 is 0 Å². The SMILES string of the molecule is COc1ccc(C=NCC(C)(C)CN=Cc2ccc(OC)cc2[O-])c([O-])c1.[Pd+2]. The van der Waals surface area contributed by atoms with Crippen LogP contribution in [0.1, 0.15) is 25.0 Å². The van der Waals surface area contributed by atoms with E-state index in [1.807, 2.05) is 13.8 Å². The van der Waals surface area contributed by atoms with E-state index in [1.165, 1.54) is 26.4 Å². The molecule has 0 saturated heterocycles. The van der Waals surface area contributed by atoms with Gasteiger partial charge in [-0.2, -0.15) is 0 Å². The Balaban J connectivity index is 0.00000392. The molecular weight excluding hydrogens is 451 g/mol. The van der Waals surface area contributed by atoms with Crippen LogP contribution in [0.5, 0.6) is 23.0 Å². The number of hydrogen-bond donors (Lipinski definition) is 0. The van der Waals surface area contributed by atoms with E-state index in [0.717, 1.165) is 0 Å². The molecule has 0 aliphatic rings. The summed E-state index contributed by atoms with van der Waals surface area (Å²) >= 11 is 0. The third-order valence-corrected chi connectivity index (χ3v) is 3.94. The summed E-state index contributed by atoms with van der Waals surface area (Å²) in [6.45, 7) is 5.06. The van der Waals surface area contributed by atoms with Crippen LogP contribution in [0, 0.1) is 5.41 Å². The molecule has 2 aromatic carbocycles. The van der Waals surface area contributed by atoms with Gasteiger partial charge >= 0.3 is 20.4 Å². The van der Waals surface area contributed by atoms with Gasteiger partial charge in [0.2, 0.25) is 0 Å². The van der Waals surface area contributed by atoms with Crippen LogP contribution < -0.4 is 19.7 Å². The minimum Gasteiger partial charge on any atom is -0.872 e. The average molecular weight is 475 g/mol. The van der Waals surface area contributed by atoms with E-state index in [4.69, 9.17) is 9.47 Å². The molecular formula is C21H24N2O4Pd. The van der Waals surface area contributed by atoms with Gasteiger partial charge in [-0.3, -0.25) is 9.98 Å². The molecule has 0 radical (unpaired) electrons. The maximum Gasteiger partial charge on any atom is 2.00 e.